The van der Waals surface area contributed by atoms with E-state index in [9.17, 15) is 110 Å². The number of aromatic nitrogens is 1. The molecule has 0 saturated heterocycles. The topological polar surface area (TPSA) is 30.2 Å². The van der Waals surface area contributed by atoms with Crippen LogP contribution in [-0.4, -0.2) is 11.9 Å². The number of ether oxygens (including phenoxy) is 1. The largest absolute Gasteiger partial charge is 0.416 e. The number of alkyl halides is 24. The Bertz CT molecular complexity index is 3210. The van der Waals surface area contributed by atoms with Crippen molar-refractivity contribution in [1.29, 1.82) is 0 Å². The van der Waals surface area contributed by atoms with Crippen LogP contribution in [0.1, 0.15) is 54.9 Å². The average molecular weight is 1200 g/mol. The first-order valence-corrected chi connectivity index (χ1v) is 23.2. The number of hydrogen-bond donors (Lipinski definition) is 0. The van der Waals surface area contributed by atoms with Gasteiger partial charge in [-0.1, -0.05) is 115 Å². The third-order valence-corrected chi connectivity index (χ3v) is 12.7. The van der Waals surface area contributed by atoms with Gasteiger partial charge in [0.25, 0.3) is 0 Å². The average Bonchev–Trinajstić information content (AvgIpc) is 3.16. The van der Waals surface area contributed by atoms with E-state index >= 15 is 0 Å². The van der Waals surface area contributed by atoms with Crippen molar-refractivity contribution in [3.63, 3.8) is 0 Å². The summed E-state index contributed by atoms with van der Waals surface area (Å²) in [6.45, 7) is 0.219. The second-order valence-corrected chi connectivity index (χ2v) is 18.3. The first kappa shape index (κ1) is 62.4. The molecule has 0 aliphatic heterocycles. The number of pyridine rings is 1. The van der Waals surface area contributed by atoms with Gasteiger partial charge in [-0.2, -0.15) is 132 Å². The maximum absolute atomic E-state index is 14.2. The summed E-state index contributed by atoms with van der Waals surface area (Å²) in [6.07, 6.45) is -52.9. The fraction of sp³-hybridized carbons (Fsp3) is 0.164. The summed E-state index contributed by atoms with van der Waals surface area (Å²) >= 11 is 0. The van der Waals surface area contributed by atoms with Gasteiger partial charge in [-0.05, 0) is 47.9 Å². The number of benzene rings is 7. The standard InChI is InChI=1S/C32H12BF24.C23H18NO2/c34-25(35,36)13-1-14(26(37,38)39)6-21(5-13)33(22-7-15(27(40,41)42)2-16(8-22)28(43,44)45,23-9-17(29(46,47)48)3-18(10-23)30(49,50)51)24-11-19(31(52,53)54)4-20(12-24)32(55,56)57;25-22(19-10-3-1-4-11-19)17-24-16-15-18-9-7-8-14-21(18)23(24)26-20-12-5-2-6-13-20/h1-12H;1-16H,17H2/q-1;+1. The van der Waals surface area contributed by atoms with Gasteiger partial charge in [-0.25, -0.2) is 0 Å². The van der Waals surface area contributed by atoms with E-state index in [1.54, 1.807) is 0 Å². The lowest BCUT2D eigenvalue weighted by atomic mass is 9.12. The van der Waals surface area contributed by atoms with Crippen LogP contribution >= 0.6 is 0 Å². The van der Waals surface area contributed by atoms with E-state index in [4.69, 9.17) is 4.74 Å². The number of carbonyl (C=O) groups excluding carboxylic acids is 1. The summed E-state index contributed by atoms with van der Waals surface area (Å²) in [4.78, 5) is 12.7. The highest BCUT2D eigenvalue weighted by Gasteiger charge is 2.47. The molecule has 83 heavy (non-hydrogen) atoms. The number of rotatable bonds is 9. The number of fused-ring (bicyclic) bond motifs is 1. The molecule has 7 aromatic carbocycles. The van der Waals surface area contributed by atoms with Crippen molar-refractivity contribution in [1.82, 2.24) is 0 Å². The number of carbonyl (C=O) groups is 1. The molecule has 1 heterocycles. The minimum atomic E-state index is -6.13. The molecule has 3 nitrogen and oxygen atoms in total. The zero-order valence-corrected chi connectivity index (χ0v) is 40.8. The Morgan fingerprint density at radius 3 is 0.928 bits per heavy atom. The number of halogens is 24. The van der Waals surface area contributed by atoms with Gasteiger partial charge in [0.05, 0.1) is 49.9 Å². The molecule has 0 radical (unpaired) electrons. The van der Waals surface area contributed by atoms with Crippen LogP contribution in [0.25, 0.3) is 10.8 Å². The third kappa shape index (κ3) is 14.2. The van der Waals surface area contributed by atoms with Crippen LogP contribution in [0, 0.1) is 0 Å². The van der Waals surface area contributed by atoms with Crippen LogP contribution in [0.5, 0.6) is 11.6 Å². The zero-order valence-electron chi connectivity index (χ0n) is 40.8. The molecule has 1 aromatic heterocycles. The molecular formula is C55H30BF24NO2. The Balaban J connectivity index is 0.000000313. The fourth-order valence-electron chi connectivity index (χ4n) is 9.01. The van der Waals surface area contributed by atoms with Gasteiger partial charge in [-0.15, -0.1) is 0 Å². The summed E-state index contributed by atoms with van der Waals surface area (Å²) in [6, 6.07) is 20.2. The van der Waals surface area contributed by atoms with Crippen molar-refractivity contribution in [3.8, 4) is 11.6 Å². The van der Waals surface area contributed by atoms with E-state index in [1.165, 1.54) is 0 Å². The molecule has 0 spiro atoms. The molecule has 0 unspecified atom stereocenters. The van der Waals surface area contributed by atoms with Crippen molar-refractivity contribution >= 4 is 44.6 Å². The van der Waals surface area contributed by atoms with Crippen LogP contribution < -0.4 is 31.2 Å². The molecule has 28 heteroatoms. The summed E-state index contributed by atoms with van der Waals surface area (Å²) < 4.78 is 349. The van der Waals surface area contributed by atoms with E-state index in [0.29, 0.717) is 11.4 Å². The van der Waals surface area contributed by atoms with Crippen LogP contribution in [0.4, 0.5) is 105 Å². The fourth-order valence-corrected chi connectivity index (χ4v) is 9.01. The Hall–Kier alpha value is -8.20. The van der Waals surface area contributed by atoms with Crippen LogP contribution in [-0.2, 0) is 56.0 Å². The summed E-state index contributed by atoms with van der Waals surface area (Å²) in [7, 11) is 0. The molecule has 0 aliphatic rings. The predicted molar refractivity (Wildman–Crippen MR) is 252 cm³/mol. The third-order valence-electron chi connectivity index (χ3n) is 12.7. The molecule has 0 fully saturated rings. The lowest BCUT2D eigenvalue weighted by Crippen LogP contribution is -2.75. The van der Waals surface area contributed by atoms with Gasteiger partial charge in [0.15, 0.2) is 6.20 Å². The Morgan fingerprint density at radius 2 is 0.627 bits per heavy atom. The summed E-state index contributed by atoms with van der Waals surface area (Å²) in [5.41, 5.74) is -29.5. The Morgan fingerprint density at radius 1 is 0.349 bits per heavy atom. The minimum absolute atomic E-state index is 0.0452. The maximum Gasteiger partial charge on any atom is 0.416 e. The van der Waals surface area contributed by atoms with Gasteiger partial charge in [0.1, 0.15) is 11.9 Å². The van der Waals surface area contributed by atoms with E-state index in [2.05, 4.69) is 0 Å². The lowest BCUT2D eigenvalue weighted by Gasteiger charge is -2.46. The highest BCUT2D eigenvalue weighted by atomic mass is 19.4. The molecule has 8 aromatic rings. The molecule has 0 saturated carbocycles. The molecule has 0 amide bonds. The molecule has 0 atom stereocenters. The lowest BCUT2D eigenvalue weighted by molar-refractivity contribution is -0.685. The molecule has 8 rings (SSSR count). The monoisotopic (exact) mass is 1200 g/mol. The normalized spacial score (nSPS) is 13.2. The molecular weight excluding hydrogens is 1170 g/mol. The highest BCUT2D eigenvalue weighted by molar-refractivity contribution is 7.20. The molecule has 0 N–H and O–H groups in total. The minimum Gasteiger partial charge on any atom is -0.405 e. The SMILES string of the molecule is FC(F)(F)c1cc([B-](c2cc(C(F)(F)F)cc(C(F)(F)F)c2)(c2cc(C(F)(F)F)cc(C(F)(F)F)c2)c2cc(C(F)(F)F)cc(C(F)(F)F)c2)cc(C(F)(F)F)c1.O=C(C[n+]1ccc2ccccc2c1Oc1ccccc1)c1ccccc1. The van der Waals surface area contributed by atoms with Crippen molar-refractivity contribution < 1.29 is 119 Å². The van der Waals surface area contributed by atoms with Crippen LogP contribution in [0.15, 0.2) is 170 Å². The van der Waals surface area contributed by atoms with E-state index in [1.807, 2.05) is 102 Å². The Labute approximate surface area is 450 Å². The first-order chi connectivity index (χ1) is 38.1. The number of ketones is 1. The number of hydrogen-bond acceptors (Lipinski definition) is 2. The Kier molecular flexibility index (Phi) is 16.7. The van der Waals surface area contributed by atoms with Gasteiger partial charge in [0, 0.05) is 11.6 Å². The van der Waals surface area contributed by atoms with Gasteiger partial charge >= 0.3 is 55.3 Å². The van der Waals surface area contributed by atoms with Gasteiger partial charge in [-0.3, -0.25) is 4.79 Å². The quantitative estimate of drug-likeness (QED) is 0.0624. The molecule has 0 aliphatic carbocycles. The van der Waals surface area contributed by atoms with E-state index in [-0.39, 0.29) is 12.3 Å². The van der Waals surface area contributed by atoms with Crippen molar-refractivity contribution in [3.05, 3.63) is 220 Å². The van der Waals surface area contributed by atoms with Crippen molar-refractivity contribution in [2.75, 3.05) is 0 Å². The van der Waals surface area contributed by atoms with E-state index in [0.717, 1.165) is 16.5 Å². The van der Waals surface area contributed by atoms with Crippen LogP contribution in [0.2, 0.25) is 0 Å². The summed E-state index contributed by atoms with van der Waals surface area (Å²) in [5, 5.41) is 2.04. The smallest absolute Gasteiger partial charge is 0.405 e. The second-order valence-electron chi connectivity index (χ2n) is 18.3. The van der Waals surface area contributed by atoms with Crippen molar-refractivity contribution in [2.24, 2.45) is 0 Å². The van der Waals surface area contributed by atoms with E-state index < -0.39 is 195 Å². The number of nitrogens with zero attached hydrogens (tertiary/aromatic N) is 1. The highest BCUT2D eigenvalue weighted by Crippen LogP contribution is 2.42. The van der Waals surface area contributed by atoms with Crippen molar-refractivity contribution in [2.45, 2.75) is 56.0 Å². The summed E-state index contributed by atoms with van der Waals surface area (Å²) in [5.74, 6) is 1.45. The van der Waals surface area contributed by atoms with Gasteiger partial charge < -0.3 is 4.74 Å². The molecule has 438 valence electrons. The zero-order chi connectivity index (χ0) is 61.7. The number of Topliss-reactive ketones (excluding diaryl/α,β-unsaturated/α-hetero) is 1. The van der Waals surface area contributed by atoms with Gasteiger partial charge in [0.2, 0.25) is 12.3 Å². The number of para-hydroxylation sites is 1. The second kappa shape index (κ2) is 22.2. The predicted octanol–water partition coefficient (Wildman–Crippen LogP) is 16.0. The first-order valence-electron chi connectivity index (χ1n) is 23.2. The van der Waals surface area contributed by atoms with Crippen LogP contribution in [0.3, 0.4) is 0 Å². The maximum atomic E-state index is 14.2. The molecule has 0 bridgehead atoms.